The van der Waals surface area contributed by atoms with Crippen LogP contribution in [0.2, 0.25) is 0 Å². The minimum atomic E-state index is -0.147. The van der Waals surface area contributed by atoms with Crippen LogP contribution >= 0.6 is 12.2 Å². The Morgan fingerprint density at radius 1 is 1.07 bits per heavy atom. The molecule has 2 aromatic heterocycles. The van der Waals surface area contributed by atoms with Gasteiger partial charge in [0.1, 0.15) is 0 Å². The normalized spacial score (nSPS) is 11.4. The van der Waals surface area contributed by atoms with E-state index in [-0.39, 0.29) is 5.56 Å². The van der Waals surface area contributed by atoms with Crippen LogP contribution in [-0.2, 0) is 7.05 Å². The van der Waals surface area contributed by atoms with E-state index < -0.39 is 0 Å². The molecule has 0 saturated carbocycles. The molecule has 0 bridgehead atoms. The van der Waals surface area contributed by atoms with Gasteiger partial charge >= 0.3 is 0 Å². The van der Waals surface area contributed by atoms with Crippen molar-refractivity contribution in [2.45, 2.75) is 6.92 Å². The van der Waals surface area contributed by atoms with Crippen LogP contribution in [-0.4, -0.2) is 30.5 Å². The fraction of sp³-hybridized carbons (Fsp3) is 0.100. The number of aromatic amines is 1. The lowest BCUT2D eigenvalue weighted by atomic mass is 10.2. The SMILES string of the molecule is Cc1c(/C=N/n2c(-c3ccccc3)n[nH]c2=S)c(=O)n(-c2ccccc2)n1C. The van der Waals surface area contributed by atoms with Gasteiger partial charge in [-0.3, -0.25) is 9.48 Å². The molecule has 0 amide bonds. The summed E-state index contributed by atoms with van der Waals surface area (Å²) in [5.74, 6) is 0.582. The summed E-state index contributed by atoms with van der Waals surface area (Å²) in [6, 6.07) is 19.1. The number of H-pyrrole nitrogens is 1. The molecule has 8 heteroatoms. The summed E-state index contributed by atoms with van der Waals surface area (Å²) in [4.78, 5) is 13.0. The van der Waals surface area contributed by atoms with E-state index in [0.29, 0.717) is 16.2 Å². The van der Waals surface area contributed by atoms with E-state index in [2.05, 4.69) is 15.3 Å². The highest BCUT2D eigenvalue weighted by molar-refractivity contribution is 7.71. The number of para-hydroxylation sites is 1. The van der Waals surface area contributed by atoms with Crippen molar-refractivity contribution in [3.63, 3.8) is 0 Å². The highest BCUT2D eigenvalue weighted by Gasteiger charge is 2.15. The zero-order valence-electron chi connectivity index (χ0n) is 15.4. The first-order chi connectivity index (χ1) is 13.6. The molecule has 2 heterocycles. The summed E-state index contributed by atoms with van der Waals surface area (Å²) in [5.41, 5.74) is 2.81. The van der Waals surface area contributed by atoms with Crippen molar-refractivity contribution in [3.8, 4) is 17.1 Å². The third-order valence-corrected chi connectivity index (χ3v) is 4.85. The lowest BCUT2D eigenvalue weighted by Gasteiger charge is -2.07. The van der Waals surface area contributed by atoms with Crippen molar-refractivity contribution >= 4 is 18.4 Å². The lowest BCUT2D eigenvalue weighted by molar-refractivity contribution is 0.630. The first-order valence-electron chi connectivity index (χ1n) is 8.69. The molecule has 0 fully saturated rings. The van der Waals surface area contributed by atoms with Crippen LogP contribution in [0.4, 0.5) is 0 Å². The largest absolute Gasteiger partial charge is 0.285 e. The van der Waals surface area contributed by atoms with E-state index in [1.54, 1.807) is 4.68 Å². The molecule has 28 heavy (non-hydrogen) atoms. The Morgan fingerprint density at radius 2 is 1.71 bits per heavy atom. The minimum Gasteiger partial charge on any atom is -0.285 e. The summed E-state index contributed by atoms with van der Waals surface area (Å²) < 4.78 is 5.30. The molecule has 4 aromatic rings. The van der Waals surface area contributed by atoms with Crippen LogP contribution in [0.15, 0.2) is 70.6 Å². The van der Waals surface area contributed by atoms with Crippen LogP contribution in [0, 0.1) is 11.7 Å². The van der Waals surface area contributed by atoms with Crippen molar-refractivity contribution in [1.29, 1.82) is 0 Å². The van der Waals surface area contributed by atoms with Crippen molar-refractivity contribution in [3.05, 3.63) is 87.0 Å². The minimum absolute atomic E-state index is 0.147. The first-order valence-corrected chi connectivity index (χ1v) is 9.10. The predicted molar refractivity (Wildman–Crippen MR) is 112 cm³/mol. The highest BCUT2D eigenvalue weighted by Crippen LogP contribution is 2.16. The summed E-state index contributed by atoms with van der Waals surface area (Å²) in [7, 11) is 1.85. The molecule has 140 valence electrons. The van der Waals surface area contributed by atoms with Gasteiger partial charge in [-0.15, -0.1) is 0 Å². The molecule has 2 aromatic carbocycles. The number of nitrogens with one attached hydrogen (secondary N) is 1. The molecular formula is C20H18N6OS. The molecule has 4 rings (SSSR count). The maximum Gasteiger partial charge on any atom is 0.280 e. The average Bonchev–Trinajstić information content (AvgIpc) is 3.19. The maximum atomic E-state index is 13.0. The molecular weight excluding hydrogens is 372 g/mol. The Labute approximate surface area is 166 Å². The molecule has 0 aliphatic rings. The smallest absolute Gasteiger partial charge is 0.280 e. The maximum absolute atomic E-state index is 13.0. The van der Waals surface area contributed by atoms with Gasteiger partial charge in [-0.1, -0.05) is 48.5 Å². The van der Waals surface area contributed by atoms with Crippen molar-refractivity contribution < 1.29 is 0 Å². The van der Waals surface area contributed by atoms with Crippen LogP contribution in [0.25, 0.3) is 17.1 Å². The lowest BCUT2D eigenvalue weighted by Crippen LogP contribution is -2.20. The second kappa shape index (κ2) is 7.24. The second-order valence-electron chi connectivity index (χ2n) is 6.25. The molecule has 0 radical (unpaired) electrons. The molecule has 0 saturated heterocycles. The highest BCUT2D eigenvalue weighted by atomic mass is 32.1. The average molecular weight is 390 g/mol. The Bertz CT molecular complexity index is 1260. The zero-order valence-corrected chi connectivity index (χ0v) is 16.2. The predicted octanol–water partition coefficient (Wildman–Crippen LogP) is 3.29. The van der Waals surface area contributed by atoms with E-state index >= 15 is 0 Å². The molecule has 7 nitrogen and oxygen atoms in total. The fourth-order valence-electron chi connectivity index (χ4n) is 3.03. The van der Waals surface area contributed by atoms with Gasteiger partial charge in [-0.2, -0.15) is 14.9 Å². The Hall–Kier alpha value is -3.52. The van der Waals surface area contributed by atoms with Gasteiger partial charge in [-0.05, 0) is 31.3 Å². The summed E-state index contributed by atoms with van der Waals surface area (Å²) >= 11 is 5.30. The van der Waals surface area contributed by atoms with Crippen LogP contribution in [0.1, 0.15) is 11.3 Å². The summed E-state index contributed by atoms with van der Waals surface area (Å²) in [6.07, 6.45) is 1.54. The summed E-state index contributed by atoms with van der Waals surface area (Å²) in [6.45, 7) is 1.88. The standard InChI is InChI=1S/C20H18N6OS/c1-14-17(19(27)26(24(14)2)16-11-7-4-8-12-16)13-21-25-18(22-23-20(25)28)15-9-5-3-6-10-15/h3-13H,1-2H3,(H,23,28)/b21-13+. The van der Waals surface area contributed by atoms with Crippen LogP contribution < -0.4 is 5.56 Å². The number of hydrogen-bond acceptors (Lipinski definition) is 4. The number of nitrogens with zero attached hydrogens (tertiary/aromatic N) is 5. The quantitative estimate of drug-likeness (QED) is 0.429. The van der Waals surface area contributed by atoms with Crippen molar-refractivity contribution in [2.24, 2.45) is 12.1 Å². The number of hydrogen-bond donors (Lipinski definition) is 1. The third-order valence-electron chi connectivity index (χ3n) is 4.58. The van der Waals surface area contributed by atoms with Crippen molar-refractivity contribution in [1.82, 2.24) is 24.2 Å². The van der Waals surface area contributed by atoms with Gasteiger partial charge in [0.05, 0.1) is 17.5 Å². The fourth-order valence-corrected chi connectivity index (χ4v) is 3.21. The van der Waals surface area contributed by atoms with E-state index in [1.165, 1.54) is 10.9 Å². The summed E-state index contributed by atoms with van der Waals surface area (Å²) in [5, 5.41) is 11.5. The van der Waals surface area contributed by atoms with Gasteiger partial charge in [0.2, 0.25) is 4.77 Å². The van der Waals surface area contributed by atoms with E-state index in [0.717, 1.165) is 16.9 Å². The molecule has 0 unspecified atom stereocenters. The van der Waals surface area contributed by atoms with Gasteiger partial charge in [0.15, 0.2) is 5.82 Å². The number of aromatic nitrogens is 5. The van der Waals surface area contributed by atoms with E-state index in [9.17, 15) is 4.79 Å². The molecule has 0 atom stereocenters. The van der Waals surface area contributed by atoms with Gasteiger partial charge in [0, 0.05) is 18.3 Å². The Kier molecular flexibility index (Phi) is 4.62. The zero-order chi connectivity index (χ0) is 19.7. The molecule has 0 aliphatic heterocycles. The molecule has 0 spiro atoms. The molecule has 0 aliphatic carbocycles. The monoisotopic (exact) mass is 390 g/mol. The van der Waals surface area contributed by atoms with Crippen LogP contribution in [0.5, 0.6) is 0 Å². The Morgan fingerprint density at radius 3 is 2.39 bits per heavy atom. The van der Waals surface area contributed by atoms with Crippen molar-refractivity contribution in [2.75, 3.05) is 0 Å². The van der Waals surface area contributed by atoms with E-state index in [1.807, 2.05) is 79.3 Å². The van der Waals surface area contributed by atoms with E-state index in [4.69, 9.17) is 12.2 Å². The number of rotatable bonds is 4. The topological polar surface area (TPSA) is 72.9 Å². The Balaban J connectivity index is 1.80. The first kappa shape index (κ1) is 17.9. The number of benzene rings is 2. The third kappa shape index (κ3) is 3.03. The molecule has 1 N–H and O–H groups in total. The van der Waals surface area contributed by atoms with Gasteiger partial charge in [-0.25, -0.2) is 9.78 Å². The van der Waals surface area contributed by atoms with Gasteiger partial charge in [0.25, 0.3) is 5.56 Å². The van der Waals surface area contributed by atoms with Gasteiger partial charge < -0.3 is 0 Å². The van der Waals surface area contributed by atoms with Crippen LogP contribution in [0.3, 0.4) is 0 Å². The second-order valence-corrected chi connectivity index (χ2v) is 6.64.